The average molecular weight is 346 g/mol. The van der Waals surface area contributed by atoms with Gasteiger partial charge >= 0.3 is 5.97 Å². The van der Waals surface area contributed by atoms with Crippen LogP contribution in [0.1, 0.15) is 0 Å². The SMILES string of the molecule is O=C(O)CN[SH](=O)(c1cccc(Cl)c1)c1cccc(Cl)c1. The van der Waals surface area contributed by atoms with Crippen LogP contribution in [0.25, 0.3) is 0 Å². The van der Waals surface area contributed by atoms with Crippen molar-refractivity contribution in [3.63, 3.8) is 0 Å². The fourth-order valence-corrected chi connectivity index (χ4v) is 4.64. The van der Waals surface area contributed by atoms with E-state index in [1.165, 1.54) is 0 Å². The highest BCUT2D eigenvalue weighted by Crippen LogP contribution is 2.29. The summed E-state index contributed by atoms with van der Waals surface area (Å²) >= 11 is 11.9. The van der Waals surface area contributed by atoms with Gasteiger partial charge in [0, 0.05) is 19.8 Å². The van der Waals surface area contributed by atoms with E-state index < -0.39 is 22.6 Å². The lowest BCUT2D eigenvalue weighted by Gasteiger charge is -2.26. The number of carboxylic acid groups (broad SMARTS) is 1. The fourth-order valence-electron chi connectivity index (χ4n) is 1.85. The predicted octanol–water partition coefficient (Wildman–Crippen LogP) is 3.02. The number of nitrogens with one attached hydrogen (secondary N) is 1. The second-order valence-corrected chi connectivity index (χ2v) is 7.74. The molecular weight excluding hydrogens is 333 g/mol. The largest absolute Gasteiger partial charge is 0.480 e. The molecule has 0 aliphatic carbocycles. The van der Waals surface area contributed by atoms with E-state index in [1.54, 1.807) is 48.5 Å². The van der Waals surface area contributed by atoms with E-state index in [1.807, 2.05) is 0 Å². The van der Waals surface area contributed by atoms with Crippen LogP contribution < -0.4 is 4.72 Å². The number of aliphatic carboxylic acids is 1. The Labute approximate surface area is 133 Å². The number of benzene rings is 2. The van der Waals surface area contributed by atoms with Crippen molar-refractivity contribution in [1.82, 2.24) is 4.72 Å². The molecule has 112 valence electrons. The molecule has 0 atom stereocenters. The van der Waals surface area contributed by atoms with Gasteiger partial charge in [0.05, 0.1) is 0 Å². The summed E-state index contributed by atoms with van der Waals surface area (Å²) in [6.07, 6.45) is 0. The normalized spacial score (nSPS) is 12.1. The van der Waals surface area contributed by atoms with E-state index in [0.29, 0.717) is 19.8 Å². The van der Waals surface area contributed by atoms with Crippen molar-refractivity contribution in [3.8, 4) is 0 Å². The van der Waals surface area contributed by atoms with E-state index in [9.17, 15) is 9.00 Å². The third-order valence-corrected chi connectivity index (χ3v) is 5.88. The molecule has 7 heteroatoms. The zero-order chi connectivity index (χ0) is 15.5. The van der Waals surface area contributed by atoms with Crippen LogP contribution in [0, 0.1) is 0 Å². The summed E-state index contributed by atoms with van der Waals surface area (Å²) in [5.74, 6) is -1.10. The summed E-state index contributed by atoms with van der Waals surface area (Å²) in [4.78, 5) is 11.7. The predicted molar refractivity (Wildman–Crippen MR) is 84.6 cm³/mol. The lowest BCUT2D eigenvalue weighted by Crippen LogP contribution is -2.35. The molecule has 2 N–H and O–H groups in total. The highest BCUT2D eigenvalue weighted by Gasteiger charge is 2.21. The molecule has 4 nitrogen and oxygen atoms in total. The Hall–Kier alpha value is -1.40. The van der Waals surface area contributed by atoms with Crippen LogP contribution in [0.4, 0.5) is 0 Å². The molecule has 2 aromatic carbocycles. The summed E-state index contributed by atoms with van der Waals surface area (Å²) in [6.45, 7) is -0.434. The van der Waals surface area contributed by atoms with E-state index >= 15 is 0 Å². The zero-order valence-corrected chi connectivity index (χ0v) is 13.2. The van der Waals surface area contributed by atoms with Crippen molar-refractivity contribution < 1.29 is 14.1 Å². The molecule has 0 aromatic heterocycles. The van der Waals surface area contributed by atoms with Gasteiger partial charge in [0.2, 0.25) is 0 Å². The first-order valence-electron chi connectivity index (χ1n) is 6.01. The van der Waals surface area contributed by atoms with Gasteiger partial charge in [0.1, 0.15) is 6.54 Å². The van der Waals surface area contributed by atoms with Gasteiger partial charge in [-0.3, -0.25) is 9.00 Å². The van der Waals surface area contributed by atoms with Gasteiger partial charge < -0.3 is 5.11 Å². The molecule has 0 bridgehead atoms. The molecule has 0 heterocycles. The van der Waals surface area contributed by atoms with E-state index in [2.05, 4.69) is 4.72 Å². The molecule has 2 rings (SSSR count). The topological polar surface area (TPSA) is 66.4 Å². The maximum atomic E-state index is 13.3. The smallest absolute Gasteiger partial charge is 0.318 e. The second-order valence-electron chi connectivity index (χ2n) is 4.30. The summed E-state index contributed by atoms with van der Waals surface area (Å²) in [5, 5.41) is 9.69. The van der Waals surface area contributed by atoms with Crippen LogP contribution in [0.15, 0.2) is 58.3 Å². The van der Waals surface area contributed by atoms with Crippen molar-refractivity contribution in [2.75, 3.05) is 6.54 Å². The molecule has 0 saturated carbocycles. The molecule has 0 saturated heterocycles. The Morgan fingerprint density at radius 2 is 1.52 bits per heavy atom. The molecule has 0 radical (unpaired) electrons. The first-order valence-corrected chi connectivity index (χ1v) is 8.47. The Morgan fingerprint density at radius 1 is 1.05 bits per heavy atom. The quantitative estimate of drug-likeness (QED) is 0.729. The van der Waals surface area contributed by atoms with Crippen LogP contribution in [0.3, 0.4) is 0 Å². The second kappa shape index (κ2) is 6.58. The molecular formula is C14H13Cl2NO3S. The van der Waals surface area contributed by atoms with Crippen molar-refractivity contribution in [2.45, 2.75) is 9.79 Å². The molecule has 0 aliphatic rings. The van der Waals surface area contributed by atoms with Crippen LogP contribution in [-0.2, 0) is 14.9 Å². The Bertz CT molecular complexity index is 671. The number of hydrogen-bond acceptors (Lipinski definition) is 2. The number of carboxylic acids is 1. The van der Waals surface area contributed by atoms with E-state index in [-0.39, 0.29) is 0 Å². The van der Waals surface area contributed by atoms with Gasteiger partial charge in [-0.05, 0) is 46.5 Å². The molecule has 0 spiro atoms. The molecule has 2 aromatic rings. The van der Waals surface area contributed by atoms with Crippen molar-refractivity contribution in [1.29, 1.82) is 0 Å². The van der Waals surface area contributed by atoms with Gasteiger partial charge in [-0.25, -0.2) is 4.72 Å². The third kappa shape index (κ3) is 3.83. The van der Waals surface area contributed by atoms with Crippen LogP contribution in [-0.4, -0.2) is 21.8 Å². The van der Waals surface area contributed by atoms with Gasteiger partial charge in [-0.2, -0.15) is 0 Å². The van der Waals surface area contributed by atoms with Crippen molar-refractivity contribution >= 4 is 39.3 Å². The van der Waals surface area contributed by atoms with Gasteiger partial charge in [0.15, 0.2) is 0 Å². The standard InChI is InChI=1S/C14H13Cl2NO3S/c15-10-3-1-5-12(7-10)21(20,17-9-14(18)19)13-6-2-4-11(16)8-13/h1-8,21H,9H2,(H,17,20)(H,18,19). The fraction of sp³-hybridized carbons (Fsp3) is 0.0714. The minimum absolute atomic E-state index is 0.423. The number of carbonyl (C=O) groups is 1. The van der Waals surface area contributed by atoms with Crippen molar-refractivity contribution in [2.24, 2.45) is 0 Å². The molecule has 0 fully saturated rings. The van der Waals surface area contributed by atoms with Gasteiger partial charge in [-0.15, -0.1) is 0 Å². The third-order valence-electron chi connectivity index (χ3n) is 2.80. The molecule has 0 amide bonds. The summed E-state index contributed by atoms with van der Waals surface area (Å²) in [7, 11) is -3.33. The molecule has 21 heavy (non-hydrogen) atoms. The van der Waals surface area contributed by atoms with E-state index in [4.69, 9.17) is 28.3 Å². The van der Waals surface area contributed by atoms with Crippen LogP contribution in [0.5, 0.6) is 0 Å². The minimum atomic E-state index is -3.33. The van der Waals surface area contributed by atoms with Crippen LogP contribution >= 0.6 is 23.2 Å². The zero-order valence-electron chi connectivity index (χ0n) is 10.8. The Balaban J connectivity index is 2.54. The number of rotatable bonds is 5. The lowest BCUT2D eigenvalue weighted by molar-refractivity contribution is -0.135. The Kier molecular flexibility index (Phi) is 5.00. The monoisotopic (exact) mass is 345 g/mol. The van der Waals surface area contributed by atoms with Crippen molar-refractivity contribution in [3.05, 3.63) is 58.6 Å². The summed E-state index contributed by atoms with van der Waals surface area (Å²) in [6, 6.07) is 13.0. The first kappa shape index (κ1) is 16.0. The number of thiol groups is 1. The number of halogens is 2. The van der Waals surface area contributed by atoms with Crippen LogP contribution in [0.2, 0.25) is 10.0 Å². The summed E-state index contributed by atoms with van der Waals surface area (Å²) in [5.41, 5.74) is 0. The number of hydrogen-bond donors (Lipinski definition) is 3. The lowest BCUT2D eigenvalue weighted by atomic mass is 10.4. The molecule has 0 aliphatic heterocycles. The average Bonchev–Trinajstić information content (AvgIpc) is 2.44. The van der Waals surface area contributed by atoms with E-state index in [0.717, 1.165) is 0 Å². The highest BCUT2D eigenvalue weighted by atomic mass is 35.5. The summed E-state index contributed by atoms with van der Waals surface area (Å²) < 4.78 is 16.0. The Morgan fingerprint density at radius 3 is 1.90 bits per heavy atom. The highest BCUT2D eigenvalue weighted by molar-refractivity contribution is 8.01. The van der Waals surface area contributed by atoms with Gasteiger partial charge in [-0.1, -0.05) is 35.3 Å². The first-order chi connectivity index (χ1) is 9.91. The molecule has 0 unspecified atom stereocenters. The van der Waals surface area contributed by atoms with Gasteiger partial charge in [0.25, 0.3) is 0 Å². The minimum Gasteiger partial charge on any atom is -0.480 e. The maximum Gasteiger partial charge on any atom is 0.318 e. The maximum absolute atomic E-state index is 13.3.